The molecular weight excluding hydrogens is 290 g/mol. The van der Waals surface area contributed by atoms with Gasteiger partial charge in [0.25, 0.3) is 0 Å². The van der Waals surface area contributed by atoms with Crippen molar-refractivity contribution in [3.63, 3.8) is 0 Å². The van der Waals surface area contributed by atoms with E-state index in [2.05, 4.69) is 15.3 Å². The van der Waals surface area contributed by atoms with Gasteiger partial charge in [0.2, 0.25) is 5.95 Å². The molecule has 1 N–H and O–H groups in total. The summed E-state index contributed by atoms with van der Waals surface area (Å²) in [6.45, 7) is 0. The van der Waals surface area contributed by atoms with Crippen LogP contribution in [0.1, 0.15) is 0 Å². The van der Waals surface area contributed by atoms with E-state index in [4.69, 9.17) is 9.47 Å². The number of hydrogen-bond acceptors (Lipinski definition) is 5. The number of rotatable bonds is 5. The topological polar surface area (TPSA) is 56.3 Å². The lowest BCUT2D eigenvalue weighted by Crippen LogP contribution is -1.99. The summed E-state index contributed by atoms with van der Waals surface area (Å²) < 4.78 is 10.5. The zero-order valence-electron chi connectivity index (χ0n) is 13.0. The van der Waals surface area contributed by atoms with Crippen LogP contribution in [0.5, 0.6) is 11.5 Å². The number of nitrogens with zero attached hydrogens (tertiary/aromatic N) is 2. The molecule has 2 aromatic carbocycles. The van der Waals surface area contributed by atoms with Gasteiger partial charge in [-0.3, -0.25) is 0 Å². The second-order valence-electron chi connectivity index (χ2n) is 4.83. The molecule has 1 aromatic heterocycles. The van der Waals surface area contributed by atoms with Gasteiger partial charge in [-0.1, -0.05) is 30.3 Å². The van der Waals surface area contributed by atoms with Crippen molar-refractivity contribution in [2.45, 2.75) is 0 Å². The zero-order chi connectivity index (χ0) is 16.1. The summed E-state index contributed by atoms with van der Waals surface area (Å²) in [6, 6.07) is 17.4. The Hall–Kier alpha value is -3.08. The molecule has 0 spiro atoms. The van der Waals surface area contributed by atoms with Crippen LogP contribution in [0.15, 0.2) is 60.8 Å². The van der Waals surface area contributed by atoms with E-state index in [0.717, 1.165) is 16.9 Å². The van der Waals surface area contributed by atoms with Crippen LogP contribution in [0, 0.1) is 0 Å². The molecule has 0 saturated carbocycles. The van der Waals surface area contributed by atoms with Crippen molar-refractivity contribution in [2.24, 2.45) is 0 Å². The highest BCUT2D eigenvalue weighted by Gasteiger charge is 2.06. The molecule has 116 valence electrons. The average molecular weight is 307 g/mol. The van der Waals surface area contributed by atoms with Gasteiger partial charge in [0.15, 0.2) is 11.5 Å². The van der Waals surface area contributed by atoms with Crippen LogP contribution in [0.2, 0.25) is 0 Å². The third-order valence-corrected chi connectivity index (χ3v) is 3.36. The van der Waals surface area contributed by atoms with Crippen molar-refractivity contribution in [2.75, 3.05) is 19.5 Å². The van der Waals surface area contributed by atoms with E-state index in [9.17, 15) is 0 Å². The Labute approximate surface area is 134 Å². The number of aromatic nitrogens is 2. The molecule has 1 heterocycles. The monoisotopic (exact) mass is 307 g/mol. The second-order valence-corrected chi connectivity index (χ2v) is 4.83. The molecule has 0 amide bonds. The molecule has 0 atom stereocenters. The van der Waals surface area contributed by atoms with Crippen LogP contribution in [0.3, 0.4) is 0 Å². The lowest BCUT2D eigenvalue weighted by atomic mass is 10.1. The van der Waals surface area contributed by atoms with Crippen LogP contribution >= 0.6 is 0 Å². The molecule has 0 fully saturated rings. The van der Waals surface area contributed by atoms with E-state index < -0.39 is 0 Å². The summed E-state index contributed by atoms with van der Waals surface area (Å²) in [7, 11) is 3.21. The second kappa shape index (κ2) is 6.79. The van der Waals surface area contributed by atoms with Gasteiger partial charge in [-0.25, -0.2) is 9.97 Å². The van der Waals surface area contributed by atoms with Crippen molar-refractivity contribution in [3.05, 3.63) is 60.8 Å². The van der Waals surface area contributed by atoms with Crippen LogP contribution < -0.4 is 14.8 Å². The zero-order valence-corrected chi connectivity index (χ0v) is 13.0. The smallest absolute Gasteiger partial charge is 0.227 e. The van der Waals surface area contributed by atoms with Gasteiger partial charge in [0, 0.05) is 23.5 Å². The van der Waals surface area contributed by atoms with E-state index in [0.29, 0.717) is 17.4 Å². The maximum Gasteiger partial charge on any atom is 0.227 e. The first-order chi connectivity index (χ1) is 11.3. The van der Waals surface area contributed by atoms with Crippen LogP contribution in [-0.4, -0.2) is 24.2 Å². The highest BCUT2D eigenvalue weighted by atomic mass is 16.5. The molecule has 3 aromatic rings. The predicted octanol–water partition coefficient (Wildman–Crippen LogP) is 3.90. The van der Waals surface area contributed by atoms with Crippen molar-refractivity contribution in [1.82, 2.24) is 9.97 Å². The number of benzene rings is 2. The Kier molecular flexibility index (Phi) is 4.38. The molecular formula is C18H17N3O2. The van der Waals surface area contributed by atoms with Crippen molar-refractivity contribution < 1.29 is 9.47 Å². The Bertz CT molecular complexity index is 791. The first-order valence-electron chi connectivity index (χ1n) is 7.17. The Morgan fingerprint density at radius 1 is 0.870 bits per heavy atom. The first kappa shape index (κ1) is 14.8. The lowest BCUT2D eigenvalue weighted by Gasteiger charge is -2.11. The summed E-state index contributed by atoms with van der Waals surface area (Å²) in [5.41, 5.74) is 2.74. The van der Waals surface area contributed by atoms with Gasteiger partial charge in [-0.15, -0.1) is 0 Å². The number of anilines is 2. The highest BCUT2D eigenvalue weighted by Crippen LogP contribution is 2.30. The van der Waals surface area contributed by atoms with Gasteiger partial charge < -0.3 is 14.8 Å². The molecule has 5 heteroatoms. The van der Waals surface area contributed by atoms with E-state index in [1.54, 1.807) is 20.4 Å². The summed E-state index contributed by atoms with van der Waals surface area (Å²) in [5.74, 6) is 1.85. The summed E-state index contributed by atoms with van der Waals surface area (Å²) in [4.78, 5) is 8.81. The number of nitrogens with one attached hydrogen (secondary N) is 1. The van der Waals surface area contributed by atoms with Gasteiger partial charge in [-0.05, 0) is 18.2 Å². The van der Waals surface area contributed by atoms with Crippen molar-refractivity contribution in [3.8, 4) is 22.8 Å². The van der Waals surface area contributed by atoms with E-state index >= 15 is 0 Å². The third-order valence-electron chi connectivity index (χ3n) is 3.36. The molecule has 0 saturated heterocycles. The summed E-state index contributed by atoms with van der Waals surface area (Å²) in [6.07, 6.45) is 1.73. The third kappa shape index (κ3) is 3.40. The highest BCUT2D eigenvalue weighted by molar-refractivity contribution is 5.63. The van der Waals surface area contributed by atoms with Crippen LogP contribution in [-0.2, 0) is 0 Å². The number of methoxy groups -OCH3 is 2. The van der Waals surface area contributed by atoms with Crippen LogP contribution in [0.4, 0.5) is 11.6 Å². The van der Waals surface area contributed by atoms with Crippen molar-refractivity contribution in [1.29, 1.82) is 0 Å². The average Bonchev–Trinajstić information content (AvgIpc) is 2.62. The van der Waals surface area contributed by atoms with E-state index in [1.165, 1.54) is 0 Å². The van der Waals surface area contributed by atoms with Gasteiger partial charge >= 0.3 is 0 Å². The Morgan fingerprint density at radius 3 is 2.39 bits per heavy atom. The SMILES string of the molecule is COc1ccc(Nc2nccc(-c3ccccc3)n2)cc1OC. The quantitative estimate of drug-likeness (QED) is 0.774. The Morgan fingerprint density at radius 2 is 1.65 bits per heavy atom. The van der Waals surface area contributed by atoms with Gasteiger partial charge in [0.05, 0.1) is 19.9 Å². The maximum atomic E-state index is 5.30. The summed E-state index contributed by atoms with van der Waals surface area (Å²) >= 11 is 0. The van der Waals surface area contributed by atoms with E-state index in [-0.39, 0.29) is 0 Å². The summed E-state index contributed by atoms with van der Waals surface area (Å²) in [5, 5.41) is 3.18. The normalized spacial score (nSPS) is 10.2. The molecule has 3 rings (SSSR count). The first-order valence-corrected chi connectivity index (χ1v) is 7.17. The fourth-order valence-corrected chi connectivity index (χ4v) is 2.23. The predicted molar refractivity (Wildman–Crippen MR) is 90.3 cm³/mol. The minimum atomic E-state index is 0.526. The largest absolute Gasteiger partial charge is 0.493 e. The number of hydrogen-bond donors (Lipinski definition) is 1. The lowest BCUT2D eigenvalue weighted by molar-refractivity contribution is 0.355. The molecule has 0 radical (unpaired) electrons. The molecule has 23 heavy (non-hydrogen) atoms. The molecule has 0 aliphatic rings. The minimum Gasteiger partial charge on any atom is -0.493 e. The van der Waals surface area contributed by atoms with Crippen LogP contribution in [0.25, 0.3) is 11.3 Å². The number of ether oxygens (including phenoxy) is 2. The van der Waals surface area contributed by atoms with Crippen molar-refractivity contribution >= 4 is 11.6 Å². The molecule has 0 aliphatic heterocycles. The molecule has 0 bridgehead atoms. The fourth-order valence-electron chi connectivity index (χ4n) is 2.23. The Balaban J connectivity index is 1.86. The maximum absolute atomic E-state index is 5.30. The fraction of sp³-hybridized carbons (Fsp3) is 0.111. The molecule has 0 unspecified atom stereocenters. The molecule has 5 nitrogen and oxygen atoms in total. The van der Waals surface area contributed by atoms with Gasteiger partial charge in [-0.2, -0.15) is 0 Å². The minimum absolute atomic E-state index is 0.526. The van der Waals surface area contributed by atoms with Gasteiger partial charge in [0.1, 0.15) is 0 Å². The molecule has 0 aliphatic carbocycles. The van der Waals surface area contributed by atoms with E-state index in [1.807, 2.05) is 54.6 Å². The standard InChI is InChI=1S/C18H17N3O2/c1-22-16-9-8-14(12-17(16)23-2)20-18-19-11-10-15(21-18)13-6-4-3-5-7-13/h3-12H,1-2H3,(H,19,20,21).